The fraction of sp³-hybridized carbons (Fsp3) is 0.182. The van der Waals surface area contributed by atoms with Crippen LogP contribution < -0.4 is 5.32 Å². The van der Waals surface area contributed by atoms with E-state index >= 15 is 0 Å². The summed E-state index contributed by atoms with van der Waals surface area (Å²) in [5.74, 6) is -0.448. The van der Waals surface area contributed by atoms with Crippen molar-refractivity contribution >= 4 is 5.91 Å². The molecule has 1 aromatic heterocycles. The van der Waals surface area contributed by atoms with Gasteiger partial charge in [0.25, 0.3) is 5.91 Å². The molecule has 0 aliphatic carbocycles. The monoisotopic (exact) mass is 234 g/mol. The van der Waals surface area contributed by atoms with Crippen molar-refractivity contribution in [2.45, 2.75) is 13.5 Å². The molecule has 6 heteroatoms. The molecule has 0 radical (unpaired) electrons. The molecule has 0 saturated heterocycles. The minimum absolute atomic E-state index is 0.0320. The second-order valence-electron chi connectivity index (χ2n) is 3.55. The maximum Gasteiger partial charge on any atom is 0.254 e. The normalized spacial score (nSPS) is 10.2. The lowest BCUT2D eigenvalue weighted by Crippen LogP contribution is -2.24. The second kappa shape index (κ2) is 4.73. The molecule has 17 heavy (non-hydrogen) atoms. The van der Waals surface area contributed by atoms with Gasteiger partial charge in [0.1, 0.15) is 18.0 Å². The van der Waals surface area contributed by atoms with Crippen LogP contribution in [-0.2, 0) is 6.54 Å². The van der Waals surface area contributed by atoms with E-state index < -0.39 is 11.7 Å². The van der Waals surface area contributed by atoms with E-state index in [4.69, 9.17) is 0 Å². The first kappa shape index (κ1) is 11.3. The van der Waals surface area contributed by atoms with Crippen molar-refractivity contribution in [2.24, 2.45) is 0 Å². The Hall–Kier alpha value is -2.24. The third-order valence-corrected chi connectivity index (χ3v) is 2.32. The molecule has 88 valence electrons. The molecule has 2 N–H and O–H groups in total. The summed E-state index contributed by atoms with van der Waals surface area (Å²) in [7, 11) is 0. The number of aromatic nitrogens is 3. The SMILES string of the molecule is Cc1cccc(C(=O)NCc2ncn[nH]2)c1F. The van der Waals surface area contributed by atoms with Crippen LogP contribution in [-0.4, -0.2) is 21.1 Å². The van der Waals surface area contributed by atoms with Crippen LogP contribution >= 0.6 is 0 Å². The third-order valence-electron chi connectivity index (χ3n) is 2.32. The molecule has 0 atom stereocenters. The number of H-pyrrole nitrogens is 1. The Morgan fingerprint density at radius 3 is 3.06 bits per heavy atom. The Kier molecular flexibility index (Phi) is 3.13. The fourth-order valence-electron chi connectivity index (χ4n) is 1.40. The van der Waals surface area contributed by atoms with Crippen LogP contribution in [0.4, 0.5) is 4.39 Å². The number of aromatic amines is 1. The van der Waals surface area contributed by atoms with Gasteiger partial charge >= 0.3 is 0 Å². The van der Waals surface area contributed by atoms with Gasteiger partial charge in [-0.15, -0.1) is 0 Å². The smallest absolute Gasteiger partial charge is 0.254 e. The first-order chi connectivity index (χ1) is 8.18. The summed E-state index contributed by atoms with van der Waals surface area (Å²) >= 11 is 0. The van der Waals surface area contributed by atoms with Crippen LogP contribution in [0.2, 0.25) is 0 Å². The van der Waals surface area contributed by atoms with E-state index in [1.807, 2.05) is 0 Å². The summed E-state index contributed by atoms with van der Waals surface area (Å²) in [5.41, 5.74) is 0.474. The van der Waals surface area contributed by atoms with Crippen molar-refractivity contribution in [1.82, 2.24) is 20.5 Å². The molecule has 0 aliphatic rings. The predicted molar refractivity (Wildman–Crippen MR) is 58.7 cm³/mol. The molecule has 1 amide bonds. The number of carbonyl (C=O) groups is 1. The highest BCUT2D eigenvalue weighted by Gasteiger charge is 2.12. The highest BCUT2D eigenvalue weighted by atomic mass is 19.1. The summed E-state index contributed by atoms with van der Waals surface area (Å²) < 4.78 is 13.6. The van der Waals surface area contributed by atoms with Crippen molar-refractivity contribution in [3.8, 4) is 0 Å². The Balaban J connectivity index is 2.07. The van der Waals surface area contributed by atoms with Gasteiger partial charge in [-0.2, -0.15) is 5.10 Å². The largest absolute Gasteiger partial charge is 0.345 e. The van der Waals surface area contributed by atoms with Gasteiger partial charge in [0.2, 0.25) is 0 Å². The number of hydrogen-bond donors (Lipinski definition) is 2. The van der Waals surface area contributed by atoms with Gasteiger partial charge < -0.3 is 5.32 Å². The maximum atomic E-state index is 13.6. The Labute approximate surface area is 97.1 Å². The topological polar surface area (TPSA) is 70.7 Å². The minimum Gasteiger partial charge on any atom is -0.345 e. The van der Waals surface area contributed by atoms with Crippen LogP contribution in [0.15, 0.2) is 24.5 Å². The minimum atomic E-state index is -0.498. The molecule has 0 spiro atoms. The molecule has 0 bridgehead atoms. The Morgan fingerprint density at radius 1 is 1.53 bits per heavy atom. The van der Waals surface area contributed by atoms with E-state index in [0.29, 0.717) is 11.4 Å². The van der Waals surface area contributed by atoms with Gasteiger partial charge in [-0.05, 0) is 18.6 Å². The Bertz CT molecular complexity index is 524. The number of aryl methyl sites for hydroxylation is 1. The zero-order chi connectivity index (χ0) is 12.3. The molecule has 2 rings (SSSR count). The van der Waals surface area contributed by atoms with E-state index in [2.05, 4.69) is 20.5 Å². The van der Waals surface area contributed by atoms with Crippen LogP contribution in [0, 0.1) is 12.7 Å². The lowest BCUT2D eigenvalue weighted by atomic mass is 10.1. The van der Waals surface area contributed by atoms with Gasteiger partial charge in [0, 0.05) is 0 Å². The van der Waals surface area contributed by atoms with E-state index in [9.17, 15) is 9.18 Å². The van der Waals surface area contributed by atoms with Gasteiger partial charge in [-0.3, -0.25) is 9.89 Å². The van der Waals surface area contributed by atoms with Crippen molar-refractivity contribution in [3.63, 3.8) is 0 Å². The number of benzene rings is 1. The molecular formula is C11H11FN4O. The lowest BCUT2D eigenvalue weighted by molar-refractivity contribution is 0.0945. The summed E-state index contributed by atoms with van der Waals surface area (Å²) in [6.45, 7) is 1.80. The van der Waals surface area contributed by atoms with Crippen LogP contribution in [0.3, 0.4) is 0 Å². The van der Waals surface area contributed by atoms with Gasteiger partial charge in [-0.25, -0.2) is 9.37 Å². The quantitative estimate of drug-likeness (QED) is 0.837. The van der Waals surface area contributed by atoms with Gasteiger partial charge in [0.05, 0.1) is 12.1 Å². The zero-order valence-corrected chi connectivity index (χ0v) is 9.20. The van der Waals surface area contributed by atoms with Crippen molar-refractivity contribution in [3.05, 3.63) is 47.3 Å². The zero-order valence-electron chi connectivity index (χ0n) is 9.20. The number of rotatable bonds is 3. The fourth-order valence-corrected chi connectivity index (χ4v) is 1.40. The average molecular weight is 234 g/mol. The number of halogens is 1. The van der Waals surface area contributed by atoms with Crippen LogP contribution in [0.25, 0.3) is 0 Å². The number of carbonyl (C=O) groups excluding carboxylic acids is 1. The van der Waals surface area contributed by atoms with Gasteiger partial charge in [0.15, 0.2) is 0 Å². The van der Waals surface area contributed by atoms with E-state index in [1.165, 1.54) is 12.4 Å². The molecule has 1 heterocycles. The molecule has 0 saturated carbocycles. The summed E-state index contributed by atoms with van der Waals surface area (Å²) in [4.78, 5) is 15.5. The van der Waals surface area contributed by atoms with Crippen molar-refractivity contribution < 1.29 is 9.18 Å². The molecule has 0 unspecified atom stereocenters. The second-order valence-corrected chi connectivity index (χ2v) is 3.55. The van der Waals surface area contributed by atoms with E-state index in [-0.39, 0.29) is 12.1 Å². The molecule has 5 nitrogen and oxygen atoms in total. The van der Waals surface area contributed by atoms with Crippen LogP contribution in [0.5, 0.6) is 0 Å². The summed E-state index contributed by atoms with van der Waals surface area (Å²) in [5, 5.41) is 8.80. The summed E-state index contributed by atoms with van der Waals surface area (Å²) in [6.07, 6.45) is 1.34. The molecule has 0 aliphatic heterocycles. The predicted octanol–water partition coefficient (Wildman–Crippen LogP) is 1.18. The number of nitrogens with zero attached hydrogens (tertiary/aromatic N) is 2. The standard InChI is InChI=1S/C11H11FN4O/c1-7-3-2-4-8(10(7)12)11(17)13-5-9-14-6-15-16-9/h2-4,6H,5H2,1H3,(H,13,17)(H,14,15,16). The molecule has 0 fully saturated rings. The number of amides is 1. The molecule has 2 aromatic rings. The first-order valence-corrected chi connectivity index (χ1v) is 5.06. The lowest BCUT2D eigenvalue weighted by Gasteiger charge is -2.05. The third kappa shape index (κ3) is 2.47. The molecule has 1 aromatic carbocycles. The van der Waals surface area contributed by atoms with Crippen LogP contribution in [0.1, 0.15) is 21.7 Å². The van der Waals surface area contributed by atoms with E-state index in [0.717, 1.165) is 0 Å². The number of hydrogen-bond acceptors (Lipinski definition) is 3. The average Bonchev–Trinajstić information content (AvgIpc) is 2.82. The molecular weight excluding hydrogens is 223 g/mol. The van der Waals surface area contributed by atoms with Crippen molar-refractivity contribution in [2.75, 3.05) is 0 Å². The number of nitrogens with one attached hydrogen (secondary N) is 2. The van der Waals surface area contributed by atoms with E-state index in [1.54, 1.807) is 19.1 Å². The highest BCUT2D eigenvalue weighted by Crippen LogP contribution is 2.11. The summed E-state index contributed by atoms with van der Waals surface area (Å²) in [6, 6.07) is 4.70. The van der Waals surface area contributed by atoms with Gasteiger partial charge in [-0.1, -0.05) is 12.1 Å². The maximum absolute atomic E-state index is 13.6. The first-order valence-electron chi connectivity index (χ1n) is 5.06. The highest BCUT2D eigenvalue weighted by molar-refractivity contribution is 5.94. The van der Waals surface area contributed by atoms with Crippen molar-refractivity contribution in [1.29, 1.82) is 0 Å². The Morgan fingerprint density at radius 2 is 2.35 bits per heavy atom.